The quantitative estimate of drug-likeness (QED) is 0.684. The van der Waals surface area contributed by atoms with Gasteiger partial charge in [-0.15, -0.1) is 0 Å². The number of aryl methyl sites for hydroxylation is 2. The molecule has 114 valence electrons. The van der Waals surface area contributed by atoms with Crippen LogP contribution in [0.25, 0.3) is 0 Å². The Morgan fingerprint density at radius 3 is 2.95 bits per heavy atom. The third kappa shape index (κ3) is 4.06. The lowest BCUT2D eigenvalue weighted by Crippen LogP contribution is -2.44. The summed E-state index contributed by atoms with van der Waals surface area (Å²) in [5.74, 6) is 0.401. The van der Waals surface area contributed by atoms with E-state index >= 15 is 0 Å². The Labute approximate surface area is 126 Å². The van der Waals surface area contributed by atoms with Gasteiger partial charge < -0.3 is 10.1 Å². The van der Waals surface area contributed by atoms with Gasteiger partial charge in [0, 0.05) is 31.8 Å². The van der Waals surface area contributed by atoms with Crippen molar-refractivity contribution in [1.82, 2.24) is 4.90 Å². The van der Waals surface area contributed by atoms with Gasteiger partial charge in [0.2, 0.25) is 5.91 Å². The molecule has 1 amide bonds. The van der Waals surface area contributed by atoms with Crippen LogP contribution in [0.5, 0.6) is 0 Å². The van der Waals surface area contributed by atoms with E-state index in [1.54, 1.807) is 0 Å². The molecular formula is C17H24N2O2. The number of oxime groups is 1. The normalized spacial score (nSPS) is 20.8. The molecule has 4 nitrogen and oxygen atoms in total. The number of amides is 1. The van der Waals surface area contributed by atoms with Gasteiger partial charge in [-0.3, -0.25) is 4.79 Å². The summed E-state index contributed by atoms with van der Waals surface area (Å²) in [6, 6.07) is 8.31. The summed E-state index contributed by atoms with van der Waals surface area (Å²) in [7, 11) is 0. The van der Waals surface area contributed by atoms with Crippen molar-refractivity contribution in [2.75, 3.05) is 13.1 Å². The van der Waals surface area contributed by atoms with Gasteiger partial charge in [-0.05, 0) is 25.3 Å². The van der Waals surface area contributed by atoms with Crippen molar-refractivity contribution in [1.29, 1.82) is 0 Å². The van der Waals surface area contributed by atoms with E-state index in [1.165, 1.54) is 11.1 Å². The molecule has 0 radical (unpaired) electrons. The third-order valence-corrected chi connectivity index (χ3v) is 4.23. The molecule has 1 fully saturated rings. The number of hydrogen-bond donors (Lipinski definition) is 1. The van der Waals surface area contributed by atoms with Crippen LogP contribution >= 0.6 is 0 Å². The second-order valence-corrected chi connectivity index (χ2v) is 5.78. The van der Waals surface area contributed by atoms with Crippen molar-refractivity contribution >= 4 is 11.6 Å². The summed E-state index contributed by atoms with van der Waals surface area (Å²) in [4.78, 5) is 14.3. The molecule has 1 aromatic rings. The zero-order chi connectivity index (χ0) is 15.2. The van der Waals surface area contributed by atoms with E-state index in [-0.39, 0.29) is 11.8 Å². The van der Waals surface area contributed by atoms with Crippen molar-refractivity contribution < 1.29 is 10.0 Å². The Balaban J connectivity index is 1.89. The number of benzene rings is 1. The molecule has 1 aliphatic heterocycles. The van der Waals surface area contributed by atoms with Crippen LogP contribution in [0.15, 0.2) is 29.4 Å². The first-order valence-electron chi connectivity index (χ1n) is 7.68. The molecule has 0 spiro atoms. The molecular weight excluding hydrogens is 264 g/mol. The Kier molecular flexibility index (Phi) is 5.37. The third-order valence-electron chi connectivity index (χ3n) is 4.23. The van der Waals surface area contributed by atoms with Crippen molar-refractivity contribution in [2.24, 2.45) is 11.1 Å². The van der Waals surface area contributed by atoms with E-state index in [1.807, 2.05) is 11.0 Å². The Morgan fingerprint density at radius 2 is 2.29 bits per heavy atom. The van der Waals surface area contributed by atoms with Crippen LogP contribution in [0.4, 0.5) is 0 Å². The van der Waals surface area contributed by atoms with Crippen molar-refractivity contribution in [3.8, 4) is 0 Å². The average molecular weight is 288 g/mol. The van der Waals surface area contributed by atoms with Gasteiger partial charge in [0.25, 0.3) is 0 Å². The maximum atomic E-state index is 12.3. The van der Waals surface area contributed by atoms with Crippen LogP contribution in [0.2, 0.25) is 0 Å². The van der Waals surface area contributed by atoms with E-state index < -0.39 is 0 Å². The maximum absolute atomic E-state index is 12.3. The molecule has 1 atom stereocenters. The molecule has 1 aromatic carbocycles. The summed E-state index contributed by atoms with van der Waals surface area (Å²) in [6.45, 7) is 5.49. The van der Waals surface area contributed by atoms with Crippen LogP contribution in [0.3, 0.4) is 0 Å². The fraction of sp³-hybridized carbons (Fsp3) is 0.529. The number of carbonyl (C=O) groups excluding carboxylic acids is 1. The highest BCUT2D eigenvalue weighted by atomic mass is 16.4. The van der Waals surface area contributed by atoms with Crippen LogP contribution in [0, 0.1) is 12.8 Å². The molecule has 0 bridgehead atoms. The molecule has 0 saturated carbocycles. The fourth-order valence-corrected chi connectivity index (χ4v) is 2.92. The number of rotatable bonds is 4. The molecule has 0 aromatic heterocycles. The number of carbonyl (C=O) groups is 1. The zero-order valence-electron chi connectivity index (χ0n) is 12.9. The molecule has 1 unspecified atom stereocenters. The standard InChI is InChI=1S/C17H24N2O2/c1-3-15-12-19(10-9-16(15)18-21)17(20)8-7-14-6-4-5-13(2)11-14/h4-6,11,15,21H,3,7-10,12H2,1-2H3/b18-16+. The number of hydrogen-bond acceptors (Lipinski definition) is 3. The second-order valence-electron chi connectivity index (χ2n) is 5.78. The van der Waals surface area contributed by atoms with E-state index in [9.17, 15) is 4.79 Å². The highest BCUT2D eigenvalue weighted by Gasteiger charge is 2.27. The SMILES string of the molecule is CCC1CN(C(=O)CCc2cccc(C)c2)CC/C1=N\O. The van der Waals surface area contributed by atoms with E-state index in [4.69, 9.17) is 5.21 Å². The average Bonchev–Trinajstić information content (AvgIpc) is 2.52. The summed E-state index contributed by atoms with van der Waals surface area (Å²) < 4.78 is 0. The molecule has 4 heteroatoms. The van der Waals surface area contributed by atoms with Gasteiger partial charge in [0.15, 0.2) is 0 Å². The summed E-state index contributed by atoms with van der Waals surface area (Å²) in [5, 5.41) is 12.4. The van der Waals surface area contributed by atoms with E-state index in [0.717, 1.165) is 18.6 Å². The lowest BCUT2D eigenvalue weighted by atomic mass is 9.93. The summed E-state index contributed by atoms with van der Waals surface area (Å²) in [5.41, 5.74) is 3.28. The van der Waals surface area contributed by atoms with Crippen LogP contribution in [-0.2, 0) is 11.2 Å². The van der Waals surface area contributed by atoms with Crippen molar-refractivity contribution in [3.63, 3.8) is 0 Å². The predicted molar refractivity (Wildman–Crippen MR) is 83.7 cm³/mol. The summed E-state index contributed by atoms with van der Waals surface area (Å²) in [6.07, 6.45) is 2.92. The highest BCUT2D eigenvalue weighted by molar-refractivity contribution is 5.89. The Hall–Kier alpha value is -1.84. The second kappa shape index (κ2) is 7.25. The lowest BCUT2D eigenvalue weighted by Gasteiger charge is -2.33. The Bertz CT molecular complexity index is 525. The van der Waals surface area contributed by atoms with Gasteiger partial charge in [-0.25, -0.2) is 0 Å². The minimum atomic E-state index is 0.201. The van der Waals surface area contributed by atoms with Gasteiger partial charge >= 0.3 is 0 Å². The van der Waals surface area contributed by atoms with Crippen molar-refractivity contribution in [3.05, 3.63) is 35.4 Å². The molecule has 1 aliphatic rings. The minimum Gasteiger partial charge on any atom is -0.411 e. The highest BCUT2D eigenvalue weighted by Crippen LogP contribution is 2.18. The first kappa shape index (κ1) is 15.5. The predicted octanol–water partition coefficient (Wildman–Crippen LogP) is 3.02. The number of nitrogens with zero attached hydrogens (tertiary/aromatic N) is 2. The molecule has 0 aliphatic carbocycles. The monoisotopic (exact) mass is 288 g/mol. The minimum absolute atomic E-state index is 0.201. The van der Waals surface area contributed by atoms with Gasteiger partial charge in [0.1, 0.15) is 0 Å². The molecule has 1 saturated heterocycles. The van der Waals surface area contributed by atoms with Crippen molar-refractivity contribution in [2.45, 2.75) is 39.5 Å². The molecule has 1 N–H and O–H groups in total. The largest absolute Gasteiger partial charge is 0.411 e. The summed E-state index contributed by atoms with van der Waals surface area (Å²) >= 11 is 0. The lowest BCUT2D eigenvalue weighted by molar-refractivity contribution is -0.131. The smallest absolute Gasteiger partial charge is 0.222 e. The van der Waals surface area contributed by atoms with Crippen LogP contribution in [0.1, 0.15) is 37.3 Å². The van der Waals surface area contributed by atoms with Gasteiger partial charge in [-0.1, -0.05) is 41.9 Å². The van der Waals surface area contributed by atoms with E-state index in [2.05, 4.69) is 37.2 Å². The first-order chi connectivity index (χ1) is 10.1. The fourth-order valence-electron chi connectivity index (χ4n) is 2.92. The molecule has 1 heterocycles. The Morgan fingerprint density at radius 1 is 1.48 bits per heavy atom. The topological polar surface area (TPSA) is 52.9 Å². The zero-order valence-corrected chi connectivity index (χ0v) is 12.9. The maximum Gasteiger partial charge on any atom is 0.222 e. The van der Waals surface area contributed by atoms with Gasteiger partial charge in [-0.2, -0.15) is 0 Å². The number of likely N-dealkylation sites (tertiary alicyclic amines) is 1. The van der Waals surface area contributed by atoms with Crippen LogP contribution in [-0.4, -0.2) is 34.8 Å². The molecule has 2 rings (SSSR count). The molecule has 21 heavy (non-hydrogen) atoms. The first-order valence-corrected chi connectivity index (χ1v) is 7.68. The van der Waals surface area contributed by atoms with Gasteiger partial charge in [0.05, 0.1) is 5.71 Å². The number of piperidine rings is 1. The van der Waals surface area contributed by atoms with Crippen LogP contribution < -0.4 is 0 Å². The van der Waals surface area contributed by atoms with E-state index in [0.29, 0.717) is 25.9 Å².